The minimum atomic E-state index is 0.125. The number of aliphatic hydroxyl groups is 1. The lowest BCUT2D eigenvalue weighted by molar-refractivity contribution is -0.0457. The van der Waals surface area contributed by atoms with Crippen molar-refractivity contribution in [1.29, 1.82) is 0 Å². The molecular formula is C16H29NO2. The van der Waals surface area contributed by atoms with Crippen molar-refractivity contribution in [3.8, 4) is 0 Å². The van der Waals surface area contributed by atoms with E-state index in [0.717, 1.165) is 44.4 Å². The van der Waals surface area contributed by atoms with E-state index in [1.165, 1.54) is 45.2 Å². The lowest BCUT2D eigenvalue weighted by Crippen LogP contribution is -2.49. The van der Waals surface area contributed by atoms with Gasteiger partial charge in [-0.3, -0.25) is 0 Å². The van der Waals surface area contributed by atoms with Gasteiger partial charge in [0.2, 0.25) is 0 Å². The molecule has 0 bridgehead atoms. The van der Waals surface area contributed by atoms with Gasteiger partial charge in [0.05, 0.1) is 6.61 Å². The van der Waals surface area contributed by atoms with Crippen LogP contribution in [0.2, 0.25) is 0 Å². The topological polar surface area (TPSA) is 32.7 Å². The van der Waals surface area contributed by atoms with Crippen molar-refractivity contribution < 1.29 is 9.84 Å². The Labute approximate surface area is 117 Å². The van der Waals surface area contributed by atoms with E-state index in [1.54, 1.807) is 0 Å². The molecule has 0 aromatic rings. The van der Waals surface area contributed by atoms with Crippen LogP contribution in [-0.4, -0.2) is 49.5 Å². The van der Waals surface area contributed by atoms with Gasteiger partial charge in [-0.2, -0.15) is 0 Å². The first kappa shape index (κ1) is 13.8. The van der Waals surface area contributed by atoms with Gasteiger partial charge in [0.15, 0.2) is 0 Å². The summed E-state index contributed by atoms with van der Waals surface area (Å²) < 4.78 is 5.47. The number of piperidine rings is 1. The maximum atomic E-state index is 9.82. The van der Waals surface area contributed by atoms with Crippen LogP contribution in [0.4, 0.5) is 0 Å². The highest BCUT2D eigenvalue weighted by molar-refractivity contribution is 4.89. The minimum absolute atomic E-state index is 0.125. The summed E-state index contributed by atoms with van der Waals surface area (Å²) in [6, 6.07) is 0. The third-order valence-corrected chi connectivity index (χ3v) is 5.82. The van der Waals surface area contributed by atoms with Crippen LogP contribution < -0.4 is 0 Å². The van der Waals surface area contributed by atoms with Crippen molar-refractivity contribution in [1.82, 2.24) is 4.90 Å². The Morgan fingerprint density at radius 3 is 2.53 bits per heavy atom. The maximum absolute atomic E-state index is 9.82. The van der Waals surface area contributed by atoms with Gasteiger partial charge in [-0.1, -0.05) is 19.3 Å². The Bertz CT molecular complexity index is 288. The Balaban J connectivity index is 1.57. The van der Waals surface area contributed by atoms with E-state index in [4.69, 9.17) is 4.74 Å². The van der Waals surface area contributed by atoms with E-state index in [-0.39, 0.29) is 5.41 Å². The fourth-order valence-electron chi connectivity index (χ4n) is 4.46. The Hall–Kier alpha value is -0.120. The number of rotatable bonds is 3. The van der Waals surface area contributed by atoms with Gasteiger partial charge in [0.25, 0.3) is 0 Å². The molecule has 110 valence electrons. The van der Waals surface area contributed by atoms with Crippen molar-refractivity contribution in [3.63, 3.8) is 0 Å². The summed E-state index contributed by atoms with van der Waals surface area (Å²) in [4.78, 5) is 2.65. The number of hydrogen-bond acceptors (Lipinski definition) is 3. The molecule has 0 radical (unpaired) electrons. The predicted molar refractivity (Wildman–Crippen MR) is 76.1 cm³/mol. The van der Waals surface area contributed by atoms with Crippen LogP contribution in [0, 0.1) is 17.3 Å². The number of aliphatic hydroxyl groups excluding tert-OH is 1. The van der Waals surface area contributed by atoms with Gasteiger partial charge < -0.3 is 14.7 Å². The first-order valence-corrected chi connectivity index (χ1v) is 8.22. The van der Waals surface area contributed by atoms with Gasteiger partial charge in [0, 0.05) is 31.7 Å². The Morgan fingerprint density at radius 2 is 1.79 bits per heavy atom. The molecule has 3 fully saturated rings. The van der Waals surface area contributed by atoms with Crippen LogP contribution in [0.15, 0.2) is 0 Å². The van der Waals surface area contributed by atoms with Crippen molar-refractivity contribution in [3.05, 3.63) is 0 Å². The molecule has 1 aliphatic carbocycles. The van der Waals surface area contributed by atoms with Gasteiger partial charge in [-0.05, 0) is 44.1 Å². The highest BCUT2D eigenvalue weighted by Gasteiger charge is 2.37. The summed E-state index contributed by atoms with van der Waals surface area (Å²) in [5.41, 5.74) is 0.125. The van der Waals surface area contributed by atoms with Crippen LogP contribution in [0.3, 0.4) is 0 Å². The van der Waals surface area contributed by atoms with Crippen LogP contribution in [0.5, 0.6) is 0 Å². The average Bonchev–Trinajstić information content (AvgIpc) is 2.48. The van der Waals surface area contributed by atoms with E-state index in [0.29, 0.717) is 6.61 Å². The van der Waals surface area contributed by atoms with Crippen LogP contribution in [0.25, 0.3) is 0 Å². The highest BCUT2D eigenvalue weighted by atomic mass is 16.5. The van der Waals surface area contributed by atoms with E-state index in [1.807, 2.05) is 0 Å². The zero-order valence-corrected chi connectivity index (χ0v) is 12.1. The number of likely N-dealkylation sites (tertiary alicyclic amines) is 1. The van der Waals surface area contributed by atoms with E-state index in [2.05, 4.69) is 4.90 Å². The molecule has 2 heterocycles. The van der Waals surface area contributed by atoms with E-state index in [9.17, 15) is 5.11 Å². The Morgan fingerprint density at radius 1 is 1.05 bits per heavy atom. The molecule has 1 N–H and O–H groups in total. The van der Waals surface area contributed by atoms with Gasteiger partial charge in [-0.25, -0.2) is 0 Å². The third kappa shape index (κ3) is 3.14. The average molecular weight is 267 g/mol. The smallest absolute Gasteiger partial charge is 0.0501 e. The molecule has 3 rings (SSSR count). The molecule has 2 atom stereocenters. The van der Waals surface area contributed by atoms with E-state index >= 15 is 0 Å². The van der Waals surface area contributed by atoms with Crippen LogP contribution in [-0.2, 0) is 4.74 Å². The summed E-state index contributed by atoms with van der Waals surface area (Å²) >= 11 is 0. The molecule has 3 nitrogen and oxygen atoms in total. The number of fused-ring (bicyclic) bond motifs is 1. The van der Waals surface area contributed by atoms with Gasteiger partial charge in [-0.15, -0.1) is 0 Å². The SMILES string of the molecule is OCC1(CN2CCC3CCCCC3C2)CCOCC1. The molecule has 3 aliphatic rings. The maximum Gasteiger partial charge on any atom is 0.0501 e. The summed E-state index contributed by atoms with van der Waals surface area (Å²) in [5, 5.41) is 9.82. The number of hydrogen-bond donors (Lipinski definition) is 1. The largest absolute Gasteiger partial charge is 0.396 e. The van der Waals surface area contributed by atoms with Crippen molar-refractivity contribution in [2.24, 2.45) is 17.3 Å². The zero-order valence-electron chi connectivity index (χ0n) is 12.1. The molecule has 0 aromatic heterocycles. The molecule has 0 amide bonds. The van der Waals surface area contributed by atoms with Crippen molar-refractivity contribution in [2.75, 3.05) is 39.5 Å². The number of ether oxygens (including phenoxy) is 1. The normalized spacial score (nSPS) is 35.8. The monoisotopic (exact) mass is 267 g/mol. The molecule has 2 aliphatic heterocycles. The predicted octanol–water partition coefficient (Wildman–Crippen LogP) is 2.29. The molecular weight excluding hydrogens is 238 g/mol. The minimum Gasteiger partial charge on any atom is -0.396 e. The van der Waals surface area contributed by atoms with Gasteiger partial charge in [0.1, 0.15) is 0 Å². The summed E-state index contributed by atoms with van der Waals surface area (Å²) in [6.07, 6.45) is 9.27. The molecule has 0 spiro atoms. The summed E-state index contributed by atoms with van der Waals surface area (Å²) in [6.45, 7) is 5.63. The highest BCUT2D eigenvalue weighted by Crippen LogP contribution is 2.38. The molecule has 0 aromatic carbocycles. The fraction of sp³-hybridized carbons (Fsp3) is 1.00. The third-order valence-electron chi connectivity index (χ3n) is 5.82. The first-order valence-electron chi connectivity index (χ1n) is 8.22. The summed E-state index contributed by atoms with van der Waals surface area (Å²) in [7, 11) is 0. The lowest BCUT2D eigenvalue weighted by atomic mass is 9.74. The molecule has 3 heteroatoms. The van der Waals surface area contributed by atoms with Crippen molar-refractivity contribution >= 4 is 0 Å². The zero-order chi connectivity index (χ0) is 13.1. The van der Waals surface area contributed by atoms with Gasteiger partial charge >= 0.3 is 0 Å². The van der Waals surface area contributed by atoms with Crippen LogP contribution >= 0.6 is 0 Å². The molecule has 2 unspecified atom stereocenters. The molecule has 19 heavy (non-hydrogen) atoms. The standard InChI is InChI=1S/C16H29NO2/c18-13-16(6-9-19-10-7-16)12-17-8-5-14-3-1-2-4-15(14)11-17/h14-15,18H,1-13H2. The number of nitrogens with zero attached hydrogens (tertiary/aromatic N) is 1. The molecule has 1 saturated carbocycles. The van der Waals surface area contributed by atoms with Crippen molar-refractivity contribution in [2.45, 2.75) is 44.9 Å². The quantitative estimate of drug-likeness (QED) is 0.851. The second-order valence-corrected chi connectivity index (χ2v) is 7.10. The van der Waals surface area contributed by atoms with E-state index < -0.39 is 0 Å². The first-order chi connectivity index (χ1) is 9.31. The second kappa shape index (κ2) is 6.11. The molecule has 2 saturated heterocycles. The lowest BCUT2D eigenvalue weighted by Gasteiger charge is -2.46. The second-order valence-electron chi connectivity index (χ2n) is 7.10. The van der Waals surface area contributed by atoms with Crippen LogP contribution in [0.1, 0.15) is 44.9 Å². The fourth-order valence-corrected chi connectivity index (χ4v) is 4.46. The summed E-state index contributed by atoms with van der Waals surface area (Å²) in [5.74, 6) is 1.95. The Kier molecular flexibility index (Phi) is 4.45.